The second-order valence-electron chi connectivity index (χ2n) is 9.61. The monoisotopic (exact) mass is 503 g/mol. The van der Waals surface area contributed by atoms with Gasteiger partial charge in [0.25, 0.3) is 0 Å². The Balaban J connectivity index is 0.00000140. The molecule has 3 aliphatic rings. The fourth-order valence-electron chi connectivity index (χ4n) is 4.66. The van der Waals surface area contributed by atoms with Gasteiger partial charge in [0.1, 0.15) is 0 Å². The zero-order valence-electron chi connectivity index (χ0n) is 18.2. The molecule has 1 unspecified atom stereocenters. The fraction of sp³-hybridized carbons (Fsp3) is 0.462. The normalized spacial score (nSPS) is 19.9. The number of fused-ring (bicyclic) bond motifs is 1. The van der Waals surface area contributed by atoms with Gasteiger partial charge in [-0.15, -0.1) is 17.7 Å². The first-order valence-electron chi connectivity index (χ1n) is 10.2. The Labute approximate surface area is 209 Å². The second kappa shape index (κ2) is 10.3. The number of hydrogen-bond donors (Lipinski definition) is 0. The molecule has 3 aliphatic carbocycles. The van der Waals surface area contributed by atoms with Crippen LogP contribution in [0.15, 0.2) is 64.3 Å². The summed E-state index contributed by atoms with van der Waals surface area (Å²) in [5, 5.41) is 0. The number of halogens is 2. The van der Waals surface area contributed by atoms with Crippen LogP contribution in [0.5, 0.6) is 0 Å². The van der Waals surface area contributed by atoms with Crippen molar-refractivity contribution in [3.05, 3.63) is 81.5 Å². The van der Waals surface area contributed by atoms with Crippen molar-refractivity contribution in [2.45, 2.75) is 71.6 Å². The van der Waals surface area contributed by atoms with E-state index in [1.165, 1.54) is 47.1 Å². The van der Waals surface area contributed by atoms with E-state index in [-0.39, 0.29) is 56.4 Å². The molecule has 0 saturated heterocycles. The molecule has 1 aromatic rings. The van der Waals surface area contributed by atoms with Crippen LogP contribution in [0, 0.1) is 12.0 Å². The van der Waals surface area contributed by atoms with Gasteiger partial charge in [-0.25, -0.2) is 0 Å². The van der Waals surface area contributed by atoms with Gasteiger partial charge < -0.3 is 24.8 Å². The van der Waals surface area contributed by atoms with Gasteiger partial charge in [0.05, 0.1) is 0 Å². The van der Waals surface area contributed by atoms with Gasteiger partial charge in [0, 0.05) is 0 Å². The topological polar surface area (TPSA) is 0 Å². The molecule has 1 radical (unpaired) electrons. The minimum Gasteiger partial charge on any atom is -1.00 e. The van der Waals surface area contributed by atoms with Crippen molar-refractivity contribution in [1.82, 2.24) is 0 Å². The third kappa shape index (κ3) is 5.47. The quantitative estimate of drug-likeness (QED) is 0.542. The van der Waals surface area contributed by atoms with Gasteiger partial charge in [-0.05, 0) is 54.1 Å². The Morgan fingerprint density at radius 2 is 1.66 bits per heavy atom. The smallest absolute Gasteiger partial charge is 1.00 e. The maximum atomic E-state index is 3.72. The molecule has 0 amide bonds. The van der Waals surface area contributed by atoms with Crippen LogP contribution < -0.4 is 24.8 Å². The maximum absolute atomic E-state index is 3.72. The first-order chi connectivity index (χ1) is 12.3. The molecule has 0 spiro atoms. The van der Waals surface area contributed by atoms with Crippen LogP contribution >= 0.6 is 0 Å². The van der Waals surface area contributed by atoms with Gasteiger partial charge in [-0.2, -0.15) is 17.2 Å². The van der Waals surface area contributed by atoms with Gasteiger partial charge in [0.2, 0.25) is 0 Å². The minimum absolute atomic E-state index is 0. The number of hydrogen-bond acceptors (Lipinski definition) is 0. The minimum atomic E-state index is 0. The molecule has 29 heavy (non-hydrogen) atoms. The van der Waals surface area contributed by atoms with Crippen LogP contribution in [-0.2, 0) is 31.6 Å². The summed E-state index contributed by atoms with van der Waals surface area (Å²) in [4.78, 5) is 0. The summed E-state index contributed by atoms with van der Waals surface area (Å²) in [6.45, 7) is 11.5. The second-order valence-corrected chi connectivity index (χ2v) is 9.61. The molecule has 3 heteroatoms. The average Bonchev–Trinajstić information content (AvgIpc) is 3.16. The Morgan fingerprint density at radius 1 is 1.00 bits per heavy atom. The van der Waals surface area contributed by atoms with E-state index in [0.717, 1.165) is 6.42 Å². The summed E-state index contributed by atoms with van der Waals surface area (Å²) in [5.74, 6) is 1.12. The molecule has 153 valence electrons. The Hall–Kier alpha value is -0.357. The van der Waals surface area contributed by atoms with Gasteiger partial charge in [-0.1, -0.05) is 70.0 Å². The van der Waals surface area contributed by atoms with E-state index >= 15 is 0 Å². The van der Waals surface area contributed by atoms with Crippen molar-refractivity contribution in [3.63, 3.8) is 0 Å². The van der Waals surface area contributed by atoms with E-state index < -0.39 is 0 Å². The largest absolute Gasteiger partial charge is 3.00 e. The summed E-state index contributed by atoms with van der Waals surface area (Å²) in [5.41, 5.74) is 10.6. The van der Waals surface area contributed by atoms with Gasteiger partial charge >= 0.3 is 26.2 Å². The first kappa shape index (κ1) is 26.7. The molecule has 4 rings (SSSR count). The molecule has 0 aliphatic heterocycles. The van der Waals surface area contributed by atoms with E-state index in [1.807, 2.05) is 0 Å². The number of allylic oxidation sites excluding steroid dienone is 8. The molecule has 0 N–H and O–H groups in total. The third-order valence-electron chi connectivity index (χ3n) is 5.96. The maximum Gasteiger partial charge on any atom is 3.00 e. The number of rotatable bonds is 3. The zero-order valence-corrected chi connectivity index (χ0v) is 22.2. The molecule has 1 aromatic carbocycles. The van der Waals surface area contributed by atoms with Crippen molar-refractivity contribution in [2.24, 2.45) is 5.92 Å². The third-order valence-corrected chi connectivity index (χ3v) is 5.96. The van der Waals surface area contributed by atoms with E-state index in [1.54, 1.807) is 11.1 Å². The van der Waals surface area contributed by atoms with E-state index in [9.17, 15) is 0 Å². The molecule has 0 bridgehead atoms. The standard InChI is InChI=1S/C26H31.2ClH.Zr/c1-17(2)13-18-14-21-16-20-7-6-8-23(20)25(24(21)15-18)19-9-11-22(12-10-19)26(3,4)5;;;/h9-12,15-17,25H,6-8,13H2,1-5H3;2*1H;/q-1;;;+3/p-2. The SMILES string of the molecule is CC(C)CC1=[C-]C2=CC3=C(CCC3)C(c3ccc(C(C)(C)C)cc3)C2=C1.[Cl-].[Cl-].[Zr+3]. The van der Waals surface area contributed by atoms with Crippen LogP contribution in [0.2, 0.25) is 0 Å². The summed E-state index contributed by atoms with van der Waals surface area (Å²) < 4.78 is 0. The molecule has 1 atom stereocenters. The predicted octanol–water partition coefficient (Wildman–Crippen LogP) is 1.21. The molecular weight excluding hydrogens is 474 g/mol. The van der Waals surface area contributed by atoms with Crippen LogP contribution in [0.4, 0.5) is 0 Å². The van der Waals surface area contributed by atoms with Crippen molar-refractivity contribution in [2.75, 3.05) is 0 Å². The molecule has 0 nitrogen and oxygen atoms in total. The molecule has 0 aromatic heterocycles. The first-order valence-corrected chi connectivity index (χ1v) is 10.2. The molecule has 0 heterocycles. The Bertz CT molecular complexity index is 846. The van der Waals surface area contributed by atoms with Gasteiger partial charge in [-0.3, -0.25) is 0 Å². The molecular formula is C26H31Cl2Zr. The number of benzene rings is 1. The summed E-state index contributed by atoms with van der Waals surface area (Å²) in [6, 6.07) is 9.42. The van der Waals surface area contributed by atoms with E-state index in [0.29, 0.717) is 11.8 Å². The van der Waals surface area contributed by atoms with Crippen molar-refractivity contribution >= 4 is 0 Å². The summed E-state index contributed by atoms with van der Waals surface area (Å²) in [6.07, 6.45) is 13.5. The van der Waals surface area contributed by atoms with Crippen LogP contribution in [0.25, 0.3) is 0 Å². The molecule has 0 saturated carbocycles. The molecule has 0 fully saturated rings. The van der Waals surface area contributed by atoms with Crippen molar-refractivity contribution in [3.8, 4) is 0 Å². The van der Waals surface area contributed by atoms with Crippen LogP contribution in [0.3, 0.4) is 0 Å². The summed E-state index contributed by atoms with van der Waals surface area (Å²) >= 11 is 0. The van der Waals surface area contributed by atoms with Crippen LogP contribution in [0.1, 0.15) is 77.3 Å². The van der Waals surface area contributed by atoms with E-state index in [4.69, 9.17) is 0 Å². The Morgan fingerprint density at radius 3 is 2.24 bits per heavy atom. The van der Waals surface area contributed by atoms with Gasteiger partial charge in [0.15, 0.2) is 0 Å². The summed E-state index contributed by atoms with van der Waals surface area (Å²) in [7, 11) is 0. The van der Waals surface area contributed by atoms with Crippen LogP contribution in [-0.4, -0.2) is 0 Å². The fourth-order valence-corrected chi connectivity index (χ4v) is 4.66. The Kier molecular flexibility index (Phi) is 9.48. The van der Waals surface area contributed by atoms with E-state index in [2.05, 4.69) is 77.1 Å². The predicted molar refractivity (Wildman–Crippen MR) is 111 cm³/mol. The zero-order chi connectivity index (χ0) is 18.5. The average molecular weight is 506 g/mol. The van der Waals surface area contributed by atoms with Crippen molar-refractivity contribution in [1.29, 1.82) is 0 Å². The van der Waals surface area contributed by atoms with Crippen molar-refractivity contribution < 1.29 is 51.0 Å².